The molecule has 0 amide bonds. The summed E-state index contributed by atoms with van der Waals surface area (Å²) >= 11 is 5.87. The van der Waals surface area contributed by atoms with Crippen LogP contribution in [0.15, 0.2) is 42.5 Å². The number of benzene rings is 2. The molecule has 1 aliphatic heterocycles. The van der Waals surface area contributed by atoms with E-state index < -0.39 is 5.97 Å². The third kappa shape index (κ3) is 2.55. The fourth-order valence-corrected chi connectivity index (χ4v) is 2.81. The Hall–Kier alpha value is -1.84. The van der Waals surface area contributed by atoms with Crippen LogP contribution in [0, 0.1) is 0 Å². The molecule has 0 saturated carbocycles. The van der Waals surface area contributed by atoms with Crippen LogP contribution in [0.4, 0.5) is 0 Å². The second-order valence-electron chi connectivity index (χ2n) is 5.02. The number of hydrogen-bond acceptors (Lipinski definition) is 2. The SMILES string of the molecule is O=C(O)c1cc(Cl)ccc1CN1Cc2ccccc2C1. The minimum Gasteiger partial charge on any atom is -0.478 e. The zero-order chi connectivity index (χ0) is 14.1. The molecule has 3 rings (SSSR count). The standard InChI is InChI=1S/C16H14ClNO2/c17-14-6-5-13(15(7-14)16(19)20)10-18-8-11-3-1-2-4-12(11)9-18/h1-7H,8-10H2,(H,19,20). The molecule has 0 atom stereocenters. The van der Waals surface area contributed by atoms with Gasteiger partial charge >= 0.3 is 5.97 Å². The maximum Gasteiger partial charge on any atom is 0.336 e. The first-order chi connectivity index (χ1) is 9.63. The quantitative estimate of drug-likeness (QED) is 0.938. The third-order valence-corrected chi connectivity index (χ3v) is 3.84. The highest BCUT2D eigenvalue weighted by atomic mass is 35.5. The Morgan fingerprint density at radius 3 is 2.40 bits per heavy atom. The lowest BCUT2D eigenvalue weighted by atomic mass is 10.1. The highest BCUT2D eigenvalue weighted by Gasteiger charge is 2.20. The summed E-state index contributed by atoms with van der Waals surface area (Å²) < 4.78 is 0. The molecule has 1 aliphatic rings. The molecule has 0 fully saturated rings. The van der Waals surface area contributed by atoms with Gasteiger partial charge in [-0.3, -0.25) is 4.90 Å². The highest BCUT2D eigenvalue weighted by Crippen LogP contribution is 2.25. The van der Waals surface area contributed by atoms with E-state index in [1.165, 1.54) is 17.2 Å². The van der Waals surface area contributed by atoms with Gasteiger partial charge in [-0.15, -0.1) is 0 Å². The van der Waals surface area contributed by atoms with Gasteiger partial charge in [0.15, 0.2) is 0 Å². The van der Waals surface area contributed by atoms with Crippen molar-refractivity contribution < 1.29 is 9.90 Å². The summed E-state index contributed by atoms with van der Waals surface area (Å²) in [4.78, 5) is 13.5. The van der Waals surface area contributed by atoms with Crippen molar-refractivity contribution in [3.8, 4) is 0 Å². The maximum absolute atomic E-state index is 11.3. The van der Waals surface area contributed by atoms with Gasteiger partial charge in [-0.05, 0) is 28.8 Å². The van der Waals surface area contributed by atoms with E-state index in [1.54, 1.807) is 12.1 Å². The molecule has 2 aromatic rings. The fourth-order valence-electron chi connectivity index (χ4n) is 2.64. The van der Waals surface area contributed by atoms with E-state index >= 15 is 0 Å². The van der Waals surface area contributed by atoms with Gasteiger partial charge in [-0.2, -0.15) is 0 Å². The van der Waals surface area contributed by atoms with Gasteiger partial charge in [-0.1, -0.05) is 41.9 Å². The van der Waals surface area contributed by atoms with Crippen LogP contribution in [-0.2, 0) is 19.6 Å². The number of halogens is 1. The normalized spacial score (nSPS) is 14.2. The smallest absolute Gasteiger partial charge is 0.336 e. The number of nitrogens with zero attached hydrogens (tertiary/aromatic N) is 1. The van der Waals surface area contributed by atoms with E-state index in [4.69, 9.17) is 11.6 Å². The number of carboxylic acids is 1. The van der Waals surface area contributed by atoms with Crippen LogP contribution in [0.25, 0.3) is 0 Å². The first kappa shape index (κ1) is 13.2. The summed E-state index contributed by atoms with van der Waals surface area (Å²) in [5.74, 6) is -0.931. The van der Waals surface area contributed by atoms with Crippen molar-refractivity contribution in [3.05, 3.63) is 69.7 Å². The zero-order valence-corrected chi connectivity index (χ0v) is 11.6. The first-order valence-electron chi connectivity index (χ1n) is 6.44. The zero-order valence-electron chi connectivity index (χ0n) is 10.8. The lowest BCUT2D eigenvalue weighted by Crippen LogP contribution is -2.17. The average molecular weight is 288 g/mol. The summed E-state index contributed by atoms with van der Waals surface area (Å²) in [6.45, 7) is 2.34. The van der Waals surface area contributed by atoms with Crippen LogP contribution < -0.4 is 0 Å². The van der Waals surface area contributed by atoms with Crippen molar-refractivity contribution >= 4 is 17.6 Å². The van der Waals surface area contributed by atoms with E-state index in [0.29, 0.717) is 11.6 Å². The van der Waals surface area contributed by atoms with Crippen molar-refractivity contribution in [2.75, 3.05) is 0 Å². The molecule has 0 bridgehead atoms. The Morgan fingerprint density at radius 2 is 1.80 bits per heavy atom. The van der Waals surface area contributed by atoms with E-state index in [-0.39, 0.29) is 5.56 Å². The summed E-state index contributed by atoms with van der Waals surface area (Å²) in [6, 6.07) is 13.4. The van der Waals surface area contributed by atoms with Crippen molar-refractivity contribution in [1.82, 2.24) is 4.90 Å². The van der Waals surface area contributed by atoms with Crippen LogP contribution in [0.3, 0.4) is 0 Å². The third-order valence-electron chi connectivity index (χ3n) is 3.60. The van der Waals surface area contributed by atoms with Crippen LogP contribution in [0.5, 0.6) is 0 Å². The van der Waals surface area contributed by atoms with Crippen LogP contribution in [0.2, 0.25) is 5.02 Å². The van der Waals surface area contributed by atoms with Crippen molar-refractivity contribution in [1.29, 1.82) is 0 Å². The monoisotopic (exact) mass is 287 g/mol. The molecule has 0 aliphatic carbocycles. The van der Waals surface area contributed by atoms with Crippen molar-refractivity contribution in [3.63, 3.8) is 0 Å². The minimum absolute atomic E-state index is 0.286. The second-order valence-corrected chi connectivity index (χ2v) is 5.46. The van der Waals surface area contributed by atoms with E-state index in [2.05, 4.69) is 17.0 Å². The van der Waals surface area contributed by atoms with Gasteiger partial charge in [0, 0.05) is 24.7 Å². The molecular formula is C16H14ClNO2. The Balaban J connectivity index is 1.82. The molecule has 4 heteroatoms. The second kappa shape index (κ2) is 5.27. The van der Waals surface area contributed by atoms with Crippen LogP contribution in [0.1, 0.15) is 27.0 Å². The topological polar surface area (TPSA) is 40.5 Å². The molecule has 20 heavy (non-hydrogen) atoms. The summed E-state index contributed by atoms with van der Waals surface area (Å²) in [6.07, 6.45) is 0. The number of rotatable bonds is 3. The predicted octanol–water partition coefficient (Wildman–Crippen LogP) is 3.55. The molecular weight excluding hydrogens is 274 g/mol. The molecule has 0 saturated heterocycles. The number of aromatic carboxylic acids is 1. The largest absolute Gasteiger partial charge is 0.478 e. The lowest BCUT2D eigenvalue weighted by Gasteiger charge is -2.16. The van der Waals surface area contributed by atoms with Gasteiger partial charge in [0.1, 0.15) is 0 Å². The molecule has 2 aromatic carbocycles. The molecule has 1 heterocycles. The van der Waals surface area contributed by atoms with E-state index in [9.17, 15) is 9.90 Å². The minimum atomic E-state index is -0.931. The Kier molecular flexibility index (Phi) is 3.47. The van der Waals surface area contributed by atoms with E-state index in [1.807, 2.05) is 12.1 Å². The molecule has 3 nitrogen and oxygen atoms in total. The average Bonchev–Trinajstić information content (AvgIpc) is 2.82. The predicted molar refractivity (Wildman–Crippen MR) is 77.8 cm³/mol. The molecule has 0 radical (unpaired) electrons. The highest BCUT2D eigenvalue weighted by molar-refractivity contribution is 6.30. The Labute approximate surface area is 122 Å². The summed E-state index contributed by atoms with van der Waals surface area (Å²) in [5, 5.41) is 9.71. The van der Waals surface area contributed by atoms with Crippen molar-refractivity contribution in [2.45, 2.75) is 19.6 Å². The maximum atomic E-state index is 11.3. The summed E-state index contributed by atoms with van der Waals surface area (Å²) in [5.41, 5.74) is 3.72. The van der Waals surface area contributed by atoms with Gasteiger partial charge < -0.3 is 5.11 Å². The van der Waals surface area contributed by atoms with E-state index in [0.717, 1.165) is 18.7 Å². The molecule has 0 aromatic heterocycles. The van der Waals surface area contributed by atoms with Crippen molar-refractivity contribution in [2.24, 2.45) is 0 Å². The molecule has 1 N–H and O–H groups in total. The number of carboxylic acid groups (broad SMARTS) is 1. The summed E-state index contributed by atoms with van der Waals surface area (Å²) in [7, 11) is 0. The van der Waals surface area contributed by atoms with Crippen LogP contribution >= 0.6 is 11.6 Å². The molecule has 102 valence electrons. The van der Waals surface area contributed by atoms with Gasteiger partial charge in [0.05, 0.1) is 5.56 Å². The molecule has 0 spiro atoms. The lowest BCUT2D eigenvalue weighted by molar-refractivity contribution is 0.0694. The van der Waals surface area contributed by atoms with Crippen LogP contribution in [-0.4, -0.2) is 16.0 Å². The number of hydrogen-bond donors (Lipinski definition) is 1. The van der Waals surface area contributed by atoms with Gasteiger partial charge in [0.25, 0.3) is 0 Å². The number of fused-ring (bicyclic) bond motifs is 1. The Bertz CT molecular complexity index is 644. The fraction of sp³-hybridized carbons (Fsp3) is 0.188. The Morgan fingerprint density at radius 1 is 1.15 bits per heavy atom. The van der Waals surface area contributed by atoms with Gasteiger partial charge in [-0.25, -0.2) is 4.79 Å². The first-order valence-corrected chi connectivity index (χ1v) is 6.82. The molecule has 0 unspecified atom stereocenters. The number of carbonyl (C=O) groups is 1. The van der Waals surface area contributed by atoms with Gasteiger partial charge in [0.2, 0.25) is 0 Å².